The molecule has 0 amide bonds. The lowest BCUT2D eigenvalue weighted by Gasteiger charge is -2.10. The van der Waals surface area contributed by atoms with Gasteiger partial charge in [-0.3, -0.25) is 0 Å². The van der Waals surface area contributed by atoms with Gasteiger partial charge in [0.15, 0.2) is 0 Å². The minimum absolute atomic E-state index is 0.345. The van der Waals surface area contributed by atoms with Gasteiger partial charge in [0.1, 0.15) is 0 Å². The molecule has 0 aliphatic heterocycles. The molecular formula is C11H25NOS. The van der Waals surface area contributed by atoms with Gasteiger partial charge in [-0.1, -0.05) is 19.8 Å². The zero-order valence-electron chi connectivity index (χ0n) is 9.59. The van der Waals surface area contributed by atoms with E-state index in [4.69, 9.17) is 5.11 Å². The van der Waals surface area contributed by atoms with Crippen molar-refractivity contribution in [1.29, 1.82) is 0 Å². The van der Waals surface area contributed by atoms with E-state index < -0.39 is 0 Å². The van der Waals surface area contributed by atoms with Gasteiger partial charge in [-0.15, -0.1) is 0 Å². The summed E-state index contributed by atoms with van der Waals surface area (Å²) in [5.74, 6) is 2.03. The molecule has 14 heavy (non-hydrogen) atoms. The molecule has 3 heteroatoms. The summed E-state index contributed by atoms with van der Waals surface area (Å²) in [7, 11) is 0. The molecule has 0 bridgehead atoms. The van der Waals surface area contributed by atoms with Crippen LogP contribution in [0, 0.1) is 5.92 Å². The van der Waals surface area contributed by atoms with Crippen LogP contribution in [0.25, 0.3) is 0 Å². The zero-order valence-corrected chi connectivity index (χ0v) is 10.4. The fraction of sp³-hybridized carbons (Fsp3) is 1.00. The first-order chi connectivity index (χ1) is 6.81. The third kappa shape index (κ3) is 10.4. The molecule has 0 spiro atoms. The average molecular weight is 219 g/mol. The molecule has 0 saturated carbocycles. The summed E-state index contributed by atoms with van der Waals surface area (Å²) < 4.78 is 0. The van der Waals surface area contributed by atoms with E-state index in [-0.39, 0.29) is 0 Å². The molecule has 0 fully saturated rings. The van der Waals surface area contributed by atoms with E-state index >= 15 is 0 Å². The molecular weight excluding hydrogens is 194 g/mol. The molecule has 0 aliphatic carbocycles. The van der Waals surface area contributed by atoms with Crippen molar-refractivity contribution < 1.29 is 5.11 Å². The molecule has 0 aromatic rings. The van der Waals surface area contributed by atoms with Crippen molar-refractivity contribution in [2.75, 3.05) is 31.7 Å². The lowest BCUT2D eigenvalue weighted by Crippen LogP contribution is -2.23. The zero-order chi connectivity index (χ0) is 10.6. The molecule has 1 unspecified atom stereocenters. The third-order valence-electron chi connectivity index (χ3n) is 2.21. The van der Waals surface area contributed by atoms with Crippen LogP contribution < -0.4 is 5.32 Å². The van der Waals surface area contributed by atoms with Crippen LogP contribution in [0.15, 0.2) is 0 Å². The van der Waals surface area contributed by atoms with Gasteiger partial charge in [0, 0.05) is 6.61 Å². The molecule has 0 radical (unpaired) electrons. The first-order valence-corrected chi connectivity index (χ1v) is 7.01. The molecule has 1 atom stereocenters. The quantitative estimate of drug-likeness (QED) is 0.552. The maximum Gasteiger partial charge on any atom is 0.0431 e. The summed E-state index contributed by atoms with van der Waals surface area (Å²) in [6, 6.07) is 0. The van der Waals surface area contributed by atoms with Gasteiger partial charge < -0.3 is 10.4 Å². The van der Waals surface area contributed by atoms with E-state index in [0.29, 0.717) is 6.61 Å². The first-order valence-electron chi connectivity index (χ1n) is 5.61. The molecule has 0 aliphatic rings. The van der Waals surface area contributed by atoms with E-state index in [1.54, 1.807) is 0 Å². The molecule has 2 nitrogen and oxygen atoms in total. The number of thioether (sulfide) groups is 1. The smallest absolute Gasteiger partial charge is 0.0431 e. The lowest BCUT2D eigenvalue weighted by atomic mass is 10.2. The second-order valence-electron chi connectivity index (χ2n) is 3.90. The summed E-state index contributed by atoms with van der Waals surface area (Å²) in [5.41, 5.74) is 0. The molecule has 0 saturated heterocycles. The Morgan fingerprint density at radius 2 is 1.93 bits per heavy atom. The number of rotatable bonds is 10. The molecule has 0 aromatic carbocycles. The van der Waals surface area contributed by atoms with Crippen LogP contribution in [-0.2, 0) is 0 Å². The van der Waals surface area contributed by atoms with Gasteiger partial charge in [-0.05, 0) is 43.9 Å². The van der Waals surface area contributed by atoms with E-state index in [0.717, 1.165) is 25.4 Å². The van der Waals surface area contributed by atoms with Gasteiger partial charge in [-0.2, -0.15) is 11.8 Å². The molecule has 86 valence electrons. The van der Waals surface area contributed by atoms with Gasteiger partial charge in [0.25, 0.3) is 0 Å². The first kappa shape index (κ1) is 14.3. The number of aliphatic hydroxyl groups is 1. The monoisotopic (exact) mass is 219 g/mol. The molecule has 0 aromatic heterocycles. The molecule has 2 N–H and O–H groups in total. The molecule has 0 rings (SSSR count). The van der Waals surface area contributed by atoms with Gasteiger partial charge in [0.2, 0.25) is 0 Å². The number of hydrogen-bond acceptors (Lipinski definition) is 3. The van der Waals surface area contributed by atoms with E-state index in [2.05, 4.69) is 18.5 Å². The highest BCUT2D eigenvalue weighted by molar-refractivity contribution is 7.98. The topological polar surface area (TPSA) is 32.3 Å². The summed E-state index contributed by atoms with van der Waals surface area (Å²) in [5, 5.41) is 12.1. The van der Waals surface area contributed by atoms with Crippen LogP contribution in [0.5, 0.6) is 0 Å². The van der Waals surface area contributed by atoms with Crippen LogP contribution in [0.3, 0.4) is 0 Å². The lowest BCUT2D eigenvalue weighted by molar-refractivity contribution is 0.282. The van der Waals surface area contributed by atoms with Crippen molar-refractivity contribution in [2.45, 2.75) is 32.6 Å². The Bertz CT molecular complexity index is 111. The minimum atomic E-state index is 0.345. The van der Waals surface area contributed by atoms with Gasteiger partial charge in [0.05, 0.1) is 0 Å². The number of nitrogens with one attached hydrogen (secondary N) is 1. The van der Waals surface area contributed by atoms with Gasteiger partial charge in [-0.25, -0.2) is 0 Å². The Morgan fingerprint density at radius 3 is 2.57 bits per heavy atom. The predicted molar refractivity (Wildman–Crippen MR) is 66.0 cm³/mol. The number of aliphatic hydroxyl groups excluding tert-OH is 1. The van der Waals surface area contributed by atoms with Crippen molar-refractivity contribution in [1.82, 2.24) is 5.32 Å². The van der Waals surface area contributed by atoms with Crippen molar-refractivity contribution in [3.63, 3.8) is 0 Å². The maximum atomic E-state index is 8.58. The SMILES string of the molecule is CSCC(C)CNCCCCCCO. The summed E-state index contributed by atoms with van der Waals surface area (Å²) in [4.78, 5) is 0. The second-order valence-corrected chi connectivity index (χ2v) is 4.81. The van der Waals surface area contributed by atoms with Crippen molar-refractivity contribution >= 4 is 11.8 Å². The Hall–Kier alpha value is 0.270. The standard InChI is InChI=1S/C11H25NOS/c1-11(10-14-2)9-12-7-5-3-4-6-8-13/h11-13H,3-10H2,1-2H3. The Labute approximate surface area is 92.9 Å². The summed E-state index contributed by atoms with van der Waals surface area (Å²) in [6.45, 7) is 4.90. The summed E-state index contributed by atoms with van der Waals surface area (Å²) in [6.07, 6.45) is 6.77. The fourth-order valence-corrected chi connectivity index (χ4v) is 2.09. The molecule has 0 heterocycles. The largest absolute Gasteiger partial charge is 0.396 e. The van der Waals surface area contributed by atoms with Gasteiger partial charge >= 0.3 is 0 Å². The van der Waals surface area contributed by atoms with Crippen LogP contribution in [0.4, 0.5) is 0 Å². The second kappa shape index (κ2) is 11.3. The Balaban J connectivity index is 2.98. The number of unbranched alkanes of at least 4 members (excludes halogenated alkanes) is 3. The van der Waals surface area contributed by atoms with Crippen LogP contribution in [-0.4, -0.2) is 36.8 Å². The normalized spacial score (nSPS) is 13.1. The average Bonchev–Trinajstić information content (AvgIpc) is 2.17. The third-order valence-corrected chi connectivity index (χ3v) is 3.11. The highest BCUT2D eigenvalue weighted by Crippen LogP contribution is 2.03. The van der Waals surface area contributed by atoms with Crippen molar-refractivity contribution in [2.24, 2.45) is 5.92 Å². The van der Waals surface area contributed by atoms with Crippen LogP contribution in [0.1, 0.15) is 32.6 Å². The van der Waals surface area contributed by atoms with Crippen molar-refractivity contribution in [3.8, 4) is 0 Å². The fourth-order valence-electron chi connectivity index (χ4n) is 1.41. The Kier molecular flexibility index (Phi) is 11.6. The highest BCUT2D eigenvalue weighted by Gasteiger charge is 1.98. The number of hydrogen-bond donors (Lipinski definition) is 2. The summed E-state index contributed by atoms with van der Waals surface area (Å²) >= 11 is 1.92. The van der Waals surface area contributed by atoms with E-state index in [9.17, 15) is 0 Å². The van der Waals surface area contributed by atoms with E-state index in [1.165, 1.54) is 25.0 Å². The Morgan fingerprint density at radius 1 is 1.21 bits per heavy atom. The van der Waals surface area contributed by atoms with Crippen LogP contribution in [0.2, 0.25) is 0 Å². The maximum absolute atomic E-state index is 8.58. The van der Waals surface area contributed by atoms with Crippen LogP contribution >= 0.6 is 11.8 Å². The van der Waals surface area contributed by atoms with E-state index in [1.807, 2.05) is 11.8 Å². The predicted octanol–water partition coefficient (Wildman–Crippen LogP) is 2.13. The van der Waals surface area contributed by atoms with Crippen molar-refractivity contribution in [3.05, 3.63) is 0 Å². The minimum Gasteiger partial charge on any atom is -0.396 e. The highest BCUT2D eigenvalue weighted by atomic mass is 32.2.